The highest BCUT2D eigenvalue weighted by molar-refractivity contribution is 7.99. The van der Waals surface area contributed by atoms with E-state index < -0.39 is 0 Å². The Labute approximate surface area is 181 Å². The van der Waals surface area contributed by atoms with Gasteiger partial charge in [-0.2, -0.15) is 35.3 Å². The second kappa shape index (κ2) is 14.1. The van der Waals surface area contributed by atoms with E-state index in [1.165, 1.54) is 0 Å². The summed E-state index contributed by atoms with van der Waals surface area (Å²) in [5, 5.41) is 10.7. The zero-order chi connectivity index (χ0) is 20.9. The second-order valence-electron chi connectivity index (χ2n) is 6.78. The van der Waals surface area contributed by atoms with Gasteiger partial charge < -0.3 is 5.11 Å². The van der Waals surface area contributed by atoms with Crippen molar-refractivity contribution in [3.05, 3.63) is 28.8 Å². The highest BCUT2D eigenvalue weighted by Crippen LogP contribution is 2.32. The minimum atomic E-state index is 0.176. The first-order valence-corrected chi connectivity index (χ1v) is 12.8. The van der Waals surface area contributed by atoms with Crippen LogP contribution in [0.15, 0.2) is 12.1 Å². The number of ketones is 3. The van der Waals surface area contributed by atoms with Crippen LogP contribution in [0.4, 0.5) is 0 Å². The van der Waals surface area contributed by atoms with Crippen molar-refractivity contribution in [2.75, 3.05) is 17.3 Å². The molecule has 4 nitrogen and oxygen atoms in total. The Morgan fingerprint density at radius 1 is 0.714 bits per heavy atom. The molecule has 1 rings (SSSR count). The number of hydrogen-bond donors (Lipinski definition) is 1. The Kier molecular flexibility index (Phi) is 12.7. The molecule has 0 saturated heterocycles. The van der Waals surface area contributed by atoms with E-state index in [4.69, 9.17) is 0 Å². The van der Waals surface area contributed by atoms with Crippen molar-refractivity contribution in [1.29, 1.82) is 0 Å². The Morgan fingerprint density at radius 3 is 1.43 bits per heavy atom. The van der Waals surface area contributed by atoms with Crippen LogP contribution in [0.2, 0.25) is 0 Å². The van der Waals surface area contributed by atoms with Crippen LogP contribution in [0.25, 0.3) is 0 Å². The quantitative estimate of drug-likeness (QED) is 0.382. The lowest BCUT2D eigenvalue weighted by Gasteiger charge is -2.13. The van der Waals surface area contributed by atoms with Crippen molar-refractivity contribution < 1.29 is 19.5 Å². The molecule has 0 aliphatic rings. The van der Waals surface area contributed by atoms with Gasteiger partial charge in [0.2, 0.25) is 0 Å². The number of carbonyl (C=O) groups excluding carboxylic acids is 3. The maximum absolute atomic E-state index is 11.1. The van der Waals surface area contributed by atoms with E-state index in [2.05, 4.69) is 0 Å². The van der Waals surface area contributed by atoms with Crippen LogP contribution < -0.4 is 0 Å². The van der Waals surface area contributed by atoms with E-state index in [0.717, 1.165) is 39.7 Å². The summed E-state index contributed by atoms with van der Waals surface area (Å²) in [5.74, 6) is 5.28. The van der Waals surface area contributed by atoms with Crippen LogP contribution in [0, 0.1) is 0 Å². The first-order chi connectivity index (χ1) is 13.3. The Hall–Kier alpha value is -0.920. The summed E-state index contributed by atoms with van der Waals surface area (Å²) in [6.45, 7) is 4.79. The van der Waals surface area contributed by atoms with Gasteiger partial charge in [0.1, 0.15) is 23.1 Å². The Balaban J connectivity index is 2.77. The van der Waals surface area contributed by atoms with Crippen LogP contribution >= 0.6 is 35.3 Å². The fraction of sp³-hybridized carbons (Fsp3) is 0.571. The molecule has 1 aromatic rings. The largest absolute Gasteiger partial charge is 0.507 e. The lowest BCUT2D eigenvalue weighted by atomic mass is 10.1. The van der Waals surface area contributed by atoms with Gasteiger partial charge in [-0.05, 0) is 26.3 Å². The zero-order valence-corrected chi connectivity index (χ0v) is 19.4. The second-order valence-corrected chi connectivity index (χ2v) is 10.1. The summed E-state index contributed by atoms with van der Waals surface area (Å²) < 4.78 is 0. The molecule has 0 amide bonds. The zero-order valence-electron chi connectivity index (χ0n) is 16.9. The van der Waals surface area contributed by atoms with Crippen molar-refractivity contribution in [3.8, 4) is 5.75 Å². The molecule has 28 heavy (non-hydrogen) atoms. The van der Waals surface area contributed by atoms with Gasteiger partial charge in [0.15, 0.2) is 0 Å². The van der Waals surface area contributed by atoms with E-state index in [0.29, 0.717) is 36.5 Å². The molecular formula is C21H30O4S3. The number of phenolic OH excluding ortho intramolecular Hbond substituents is 1. The lowest BCUT2D eigenvalue weighted by Crippen LogP contribution is -1.97. The monoisotopic (exact) mass is 442 g/mol. The number of aromatic hydroxyl groups is 1. The molecule has 0 aliphatic carbocycles. The number of rotatable bonds is 15. The molecule has 0 aromatic heterocycles. The molecule has 7 heteroatoms. The minimum absolute atomic E-state index is 0.176. The number of Topliss-reactive ketones (excluding diaryl/α,β-unsaturated/α-hetero) is 3. The van der Waals surface area contributed by atoms with Crippen molar-refractivity contribution >= 4 is 52.6 Å². The van der Waals surface area contributed by atoms with Gasteiger partial charge in [0, 0.05) is 64.9 Å². The number of carbonyl (C=O) groups is 3. The van der Waals surface area contributed by atoms with Crippen molar-refractivity contribution in [2.24, 2.45) is 0 Å². The van der Waals surface area contributed by atoms with Gasteiger partial charge >= 0.3 is 0 Å². The first-order valence-electron chi connectivity index (χ1n) is 9.34. The fourth-order valence-electron chi connectivity index (χ4n) is 2.34. The number of thioether (sulfide) groups is 3. The smallest absolute Gasteiger partial charge is 0.130 e. The van der Waals surface area contributed by atoms with Gasteiger partial charge in [0.05, 0.1) is 0 Å². The van der Waals surface area contributed by atoms with E-state index in [-0.39, 0.29) is 17.3 Å². The van der Waals surface area contributed by atoms with Crippen molar-refractivity contribution in [3.63, 3.8) is 0 Å². The maximum atomic E-state index is 11.1. The summed E-state index contributed by atoms with van der Waals surface area (Å²) in [7, 11) is 0. The van der Waals surface area contributed by atoms with Gasteiger partial charge in [-0.15, -0.1) is 0 Å². The molecule has 0 spiro atoms. The van der Waals surface area contributed by atoms with Crippen LogP contribution in [0.1, 0.15) is 56.7 Å². The third-order valence-electron chi connectivity index (χ3n) is 3.91. The van der Waals surface area contributed by atoms with Crippen LogP contribution in [-0.4, -0.2) is 39.7 Å². The molecule has 0 aliphatic heterocycles. The average molecular weight is 443 g/mol. The first kappa shape index (κ1) is 25.1. The van der Waals surface area contributed by atoms with Gasteiger partial charge in [-0.1, -0.05) is 12.1 Å². The molecule has 1 aromatic carbocycles. The Bertz CT molecular complexity index is 631. The van der Waals surface area contributed by atoms with Crippen molar-refractivity contribution in [1.82, 2.24) is 0 Å². The SMILES string of the molecule is CC(=O)CCSCc1cc(CSCCC(C)=O)c(O)c(CSCCC(C)=O)c1. The van der Waals surface area contributed by atoms with E-state index >= 15 is 0 Å². The summed E-state index contributed by atoms with van der Waals surface area (Å²) in [6.07, 6.45) is 1.66. The third-order valence-corrected chi connectivity index (χ3v) is 6.95. The van der Waals surface area contributed by atoms with E-state index in [9.17, 15) is 19.5 Å². The molecule has 0 heterocycles. The number of hydrogen-bond acceptors (Lipinski definition) is 7. The highest BCUT2D eigenvalue weighted by atomic mass is 32.2. The van der Waals surface area contributed by atoms with Gasteiger partial charge in [-0.3, -0.25) is 14.4 Å². The summed E-state index contributed by atoms with van der Waals surface area (Å²) in [4.78, 5) is 33.3. The van der Waals surface area contributed by atoms with E-state index in [1.807, 2.05) is 12.1 Å². The predicted octanol–water partition coefficient (Wildman–Crippen LogP) is 5.03. The van der Waals surface area contributed by atoms with Gasteiger partial charge in [0.25, 0.3) is 0 Å². The third kappa shape index (κ3) is 11.2. The highest BCUT2D eigenvalue weighted by Gasteiger charge is 2.11. The number of phenols is 1. The topological polar surface area (TPSA) is 71.4 Å². The van der Waals surface area contributed by atoms with Crippen LogP contribution in [0.3, 0.4) is 0 Å². The van der Waals surface area contributed by atoms with Crippen LogP contribution in [0.5, 0.6) is 5.75 Å². The maximum Gasteiger partial charge on any atom is 0.130 e. The van der Waals surface area contributed by atoms with Crippen LogP contribution in [-0.2, 0) is 31.6 Å². The minimum Gasteiger partial charge on any atom is -0.507 e. The fourth-order valence-corrected chi connectivity index (χ4v) is 5.35. The van der Waals surface area contributed by atoms with E-state index in [1.54, 1.807) is 56.1 Å². The van der Waals surface area contributed by atoms with Crippen molar-refractivity contribution in [2.45, 2.75) is 57.3 Å². The molecule has 0 fully saturated rings. The molecule has 0 radical (unpaired) electrons. The molecule has 0 unspecified atom stereocenters. The summed E-state index contributed by atoms with van der Waals surface area (Å²) >= 11 is 5.01. The molecule has 0 saturated carbocycles. The molecule has 0 atom stereocenters. The standard InChI is InChI=1S/C21H30O4S3/c1-15(22)4-7-26-12-18-10-19(13-27-8-5-16(2)23)21(25)20(11-18)14-28-9-6-17(3)24/h10-11,25H,4-9,12-14H2,1-3H3. The molecule has 1 N–H and O–H groups in total. The predicted molar refractivity (Wildman–Crippen MR) is 122 cm³/mol. The van der Waals surface area contributed by atoms with Gasteiger partial charge in [-0.25, -0.2) is 0 Å². The summed E-state index contributed by atoms with van der Waals surface area (Å²) in [5.41, 5.74) is 2.91. The molecule has 0 bridgehead atoms. The average Bonchev–Trinajstić information content (AvgIpc) is 2.61. The normalized spacial score (nSPS) is 10.8. The lowest BCUT2D eigenvalue weighted by molar-refractivity contribution is -0.117. The summed E-state index contributed by atoms with van der Waals surface area (Å²) in [6, 6.07) is 4.06. The molecule has 156 valence electrons. The molecular weight excluding hydrogens is 412 g/mol. The Morgan fingerprint density at radius 2 is 1.07 bits per heavy atom. The number of benzene rings is 1.